The van der Waals surface area contributed by atoms with Crippen molar-refractivity contribution in [3.63, 3.8) is 0 Å². The summed E-state index contributed by atoms with van der Waals surface area (Å²) in [6, 6.07) is 14.1. The molecule has 0 aliphatic carbocycles. The van der Waals surface area contributed by atoms with Gasteiger partial charge in [0.2, 0.25) is 0 Å². The van der Waals surface area contributed by atoms with Crippen LogP contribution >= 0.6 is 36.4 Å². The van der Waals surface area contributed by atoms with Crippen molar-refractivity contribution in [2.45, 2.75) is 66.0 Å². The van der Waals surface area contributed by atoms with E-state index in [1.165, 1.54) is 38.8 Å². The molecule has 0 bridgehead atoms. The van der Waals surface area contributed by atoms with Gasteiger partial charge in [-0.1, -0.05) is 68.6 Å². The Morgan fingerprint density at radius 1 is 0.824 bits per heavy atom. The van der Waals surface area contributed by atoms with E-state index in [0.29, 0.717) is 29.7 Å². The molecule has 0 spiro atoms. The van der Waals surface area contributed by atoms with Crippen molar-refractivity contribution in [2.24, 2.45) is 0 Å². The largest absolute Gasteiger partial charge is 0.490 e. The quantitative estimate of drug-likeness (QED) is 0.213. The summed E-state index contributed by atoms with van der Waals surface area (Å²) in [5.74, 6) is 1.32. The first-order valence-corrected chi connectivity index (χ1v) is 12.6. The first-order chi connectivity index (χ1) is 15.7. The van der Waals surface area contributed by atoms with Gasteiger partial charge in [0.15, 0.2) is 11.5 Å². The minimum Gasteiger partial charge on any atom is -0.490 e. The molecule has 194 valence electrons. The maximum Gasteiger partial charge on any atom is 0.180 e. The van der Waals surface area contributed by atoms with E-state index in [4.69, 9.17) is 21.1 Å². The predicted molar refractivity (Wildman–Crippen MR) is 150 cm³/mol. The SMILES string of the molecule is CCCCN(CCCC)CCCNCc1cc(Cl)c(OCc2ccccc2)c(OCC)c1.Cl.Cl. The van der Waals surface area contributed by atoms with Crippen LogP contribution in [0.4, 0.5) is 0 Å². The van der Waals surface area contributed by atoms with Crippen molar-refractivity contribution in [1.29, 1.82) is 0 Å². The molecule has 7 heteroatoms. The second-order valence-electron chi connectivity index (χ2n) is 8.19. The Hall–Kier alpha value is -1.17. The van der Waals surface area contributed by atoms with E-state index in [2.05, 4.69) is 24.1 Å². The summed E-state index contributed by atoms with van der Waals surface area (Å²) >= 11 is 6.58. The lowest BCUT2D eigenvalue weighted by Gasteiger charge is -2.22. The summed E-state index contributed by atoms with van der Waals surface area (Å²) < 4.78 is 11.8. The number of rotatable bonds is 17. The number of ether oxygens (including phenoxy) is 2. The second kappa shape index (κ2) is 20.1. The van der Waals surface area contributed by atoms with Crippen LogP contribution in [0.1, 0.15) is 64.0 Å². The molecule has 0 aromatic heterocycles. The molecule has 0 aliphatic rings. The van der Waals surface area contributed by atoms with Crippen molar-refractivity contribution in [3.8, 4) is 11.5 Å². The second-order valence-corrected chi connectivity index (χ2v) is 8.60. The number of nitrogens with one attached hydrogen (secondary N) is 1. The number of benzene rings is 2. The van der Waals surface area contributed by atoms with Crippen LogP contribution in [0.25, 0.3) is 0 Å². The third-order valence-corrected chi connectivity index (χ3v) is 5.69. The molecule has 2 aromatic rings. The van der Waals surface area contributed by atoms with E-state index in [0.717, 1.165) is 37.2 Å². The Bertz CT molecular complexity index is 755. The molecule has 0 amide bonds. The number of nitrogens with zero attached hydrogens (tertiary/aromatic N) is 1. The van der Waals surface area contributed by atoms with Gasteiger partial charge in [-0.2, -0.15) is 0 Å². The van der Waals surface area contributed by atoms with E-state index < -0.39 is 0 Å². The molecular weight excluding hydrogens is 491 g/mol. The van der Waals surface area contributed by atoms with Gasteiger partial charge in [0, 0.05) is 6.54 Å². The molecule has 4 nitrogen and oxygen atoms in total. The highest BCUT2D eigenvalue weighted by atomic mass is 35.5. The average Bonchev–Trinajstić information content (AvgIpc) is 2.80. The summed E-state index contributed by atoms with van der Waals surface area (Å²) in [5, 5.41) is 4.15. The third-order valence-electron chi connectivity index (χ3n) is 5.41. The van der Waals surface area contributed by atoms with E-state index in [1.807, 2.05) is 49.4 Å². The highest BCUT2D eigenvalue weighted by molar-refractivity contribution is 6.32. The van der Waals surface area contributed by atoms with Crippen LogP contribution in [0.2, 0.25) is 5.02 Å². The molecule has 1 N–H and O–H groups in total. The van der Waals surface area contributed by atoms with Gasteiger partial charge < -0.3 is 19.7 Å². The zero-order valence-corrected chi connectivity index (χ0v) is 23.4. The zero-order chi connectivity index (χ0) is 23.0. The molecule has 2 aromatic carbocycles. The topological polar surface area (TPSA) is 33.7 Å². The number of hydrogen-bond acceptors (Lipinski definition) is 4. The lowest BCUT2D eigenvalue weighted by Crippen LogP contribution is -2.29. The van der Waals surface area contributed by atoms with E-state index in [1.54, 1.807) is 0 Å². The van der Waals surface area contributed by atoms with Crippen LogP contribution in [0.5, 0.6) is 11.5 Å². The molecule has 0 atom stereocenters. The van der Waals surface area contributed by atoms with Crippen molar-refractivity contribution in [2.75, 3.05) is 32.8 Å². The zero-order valence-electron chi connectivity index (χ0n) is 21.0. The summed E-state index contributed by atoms with van der Waals surface area (Å²) in [6.07, 6.45) is 6.24. The van der Waals surface area contributed by atoms with Gasteiger partial charge in [0.1, 0.15) is 6.61 Å². The van der Waals surface area contributed by atoms with Gasteiger partial charge in [0.25, 0.3) is 0 Å². The fourth-order valence-corrected chi connectivity index (χ4v) is 3.90. The monoisotopic (exact) mass is 532 g/mol. The third kappa shape index (κ3) is 12.5. The molecule has 0 fully saturated rings. The molecule has 0 unspecified atom stereocenters. The molecule has 0 aliphatic heterocycles. The van der Waals surface area contributed by atoms with Crippen molar-refractivity contribution in [1.82, 2.24) is 10.2 Å². The standard InChI is InChI=1S/C27H41ClN2O2.2ClH/c1-4-7-16-30(17-8-5-2)18-12-15-29-21-24-19-25(28)27(26(20-24)31-6-3)32-22-23-13-10-9-11-14-23;;/h9-11,13-14,19-20,29H,4-8,12,15-18,21-22H2,1-3H3;2*1H. The molecule has 2 rings (SSSR count). The molecule has 0 radical (unpaired) electrons. The number of halogens is 3. The Morgan fingerprint density at radius 3 is 2.09 bits per heavy atom. The summed E-state index contributed by atoms with van der Waals surface area (Å²) in [5.41, 5.74) is 2.21. The summed E-state index contributed by atoms with van der Waals surface area (Å²) in [7, 11) is 0. The van der Waals surface area contributed by atoms with Crippen LogP contribution in [-0.4, -0.2) is 37.7 Å². The molecule has 34 heavy (non-hydrogen) atoms. The predicted octanol–water partition coefficient (Wildman–Crippen LogP) is 7.54. The normalized spacial score (nSPS) is 10.5. The minimum absolute atomic E-state index is 0. The Morgan fingerprint density at radius 2 is 1.47 bits per heavy atom. The Labute approximate surface area is 224 Å². The maximum absolute atomic E-state index is 6.58. The van der Waals surface area contributed by atoms with E-state index in [9.17, 15) is 0 Å². The van der Waals surface area contributed by atoms with Crippen molar-refractivity contribution >= 4 is 36.4 Å². The van der Waals surface area contributed by atoms with Crippen molar-refractivity contribution in [3.05, 3.63) is 58.6 Å². The van der Waals surface area contributed by atoms with Gasteiger partial charge in [-0.05, 0) is 75.6 Å². The van der Waals surface area contributed by atoms with Gasteiger partial charge in [0.05, 0.1) is 11.6 Å². The van der Waals surface area contributed by atoms with Gasteiger partial charge in [-0.15, -0.1) is 24.8 Å². The van der Waals surface area contributed by atoms with Crippen LogP contribution in [0.3, 0.4) is 0 Å². The van der Waals surface area contributed by atoms with Crippen LogP contribution in [-0.2, 0) is 13.2 Å². The lowest BCUT2D eigenvalue weighted by molar-refractivity contribution is 0.261. The average molecular weight is 534 g/mol. The summed E-state index contributed by atoms with van der Waals surface area (Å²) in [4.78, 5) is 2.61. The van der Waals surface area contributed by atoms with Crippen LogP contribution in [0, 0.1) is 0 Å². The molecule has 0 heterocycles. The molecular formula is C27H43Cl3N2O2. The van der Waals surface area contributed by atoms with Crippen LogP contribution in [0.15, 0.2) is 42.5 Å². The smallest absolute Gasteiger partial charge is 0.180 e. The fourth-order valence-electron chi connectivity index (χ4n) is 3.62. The van der Waals surface area contributed by atoms with Crippen LogP contribution < -0.4 is 14.8 Å². The van der Waals surface area contributed by atoms with E-state index in [-0.39, 0.29) is 24.8 Å². The lowest BCUT2D eigenvalue weighted by atomic mass is 10.2. The minimum atomic E-state index is 0. The van der Waals surface area contributed by atoms with Gasteiger partial charge >= 0.3 is 0 Å². The fraction of sp³-hybridized carbons (Fsp3) is 0.556. The highest BCUT2D eigenvalue weighted by Gasteiger charge is 2.13. The van der Waals surface area contributed by atoms with Gasteiger partial charge in [-0.3, -0.25) is 0 Å². The Balaban J connectivity index is 0.00000544. The van der Waals surface area contributed by atoms with Gasteiger partial charge in [-0.25, -0.2) is 0 Å². The number of hydrogen-bond donors (Lipinski definition) is 1. The van der Waals surface area contributed by atoms with E-state index >= 15 is 0 Å². The highest BCUT2D eigenvalue weighted by Crippen LogP contribution is 2.37. The maximum atomic E-state index is 6.58. The summed E-state index contributed by atoms with van der Waals surface area (Å²) in [6.45, 7) is 12.9. The first kappa shape index (κ1) is 32.8. The Kier molecular flexibility index (Phi) is 19.4. The first-order valence-electron chi connectivity index (χ1n) is 12.2. The molecule has 0 saturated carbocycles. The van der Waals surface area contributed by atoms with Crippen molar-refractivity contribution < 1.29 is 9.47 Å². The molecule has 0 saturated heterocycles. The number of unbranched alkanes of at least 4 members (excludes halogenated alkanes) is 2.